The van der Waals surface area contributed by atoms with Gasteiger partial charge in [-0.25, -0.2) is 18.4 Å². The lowest BCUT2D eigenvalue weighted by molar-refractivity contribution is 0.627. The third kappa shape index (κ3) is 2.27. The summed E-state index contributed by atoms with van der Waals surface area (Å²) in [4.78, 5) is 12.0. The molecule has 0 bridgehead atoms. The molecule has 0 saturated heterocycles. The molecular weight excluding hydrogens is 235 g/mol. The summed E-state index contributed by atoms with van der Waals surface area (Å²) in [6, 6.07) is 5.74. The average Bonchev–Trinajstić information content (AvgIpc) is 2.64. The summed E-state index contributed by atoms with van der Waals surface area (Å²) in [6.07, 6.45) is 0.925. The number of nitrogens with one attached hydrogen (secondary N) is 1. The van der Waals surface area contributed by atoms with Gasteiger partial charge in [0.2, 0.25) is 5.95 Å². The van der Waals surface area contributed by atoms with Crippen LogP contribution >= 0.6 is 0 Å². The fourth-order valence-electron chi connectivity index (χ4n) is 1.64. The molecule has 0 spiro atoms. The minimum absolute atomic E-state index is 0.264. The minimum Gasteiger partial charge on any atom is -0.354 e. The molecule has 1 aromatic heterocycles. The predicted octanol–water partition coefficient (Wildman–Crippen LogP) is 1.53. The van der Waals surface area contributed by atoms with Gasteiger partial charge < -0.3 is 5.32 Å². The maximum absolute atomic E-state index is 12.9. The molecule has 96 valence electrons. The quantitative estimate of drug-likeness (QED) is 0.895. The van der Waals surface area contributed by atoms with Crippen LogP contribution in [0.5, 0.6) is 0 Å². The SMILES string of the molecule is CCCNc1nn(C)c(=O)n1-c1ccc(F)cc1. The average molecular weight is 250 g/mol. The van der Waals surface area contributed by atoms with Crippen LogP contribution in [-0.2, 0) is 7.05 Å². The number of aryl methyl sites for hydroxylation is 1. The Morgan fingerprint density at radius 3 is 2.61 bits per heavy atom. The smallest absolute Gasteiger partial charge is 0.351 e. The van der Waals surface area contributed by atoms with E-state index in [4.69, 9.17) is 0 Å². The molecule has 1 N–H and O–H groups in total. The number of hydrogen-bond acceptors (Lipinski definition) is 3. The van der Waals surface area contributed by atoms with Crippen LogP contribution in [0.15, 0.2) is 29.1 Å². The molecule has 0 amide bonds. The van der Waals surface area contributed by atoms with E-state index in [0.717, 1.165) is 13.0 Å². The summed E-state index contributed by atoms with van der Waals surface area (Å²) in [6.45, 7) is 2.74. The van der Waals surface area contributed by atoms with Gasteiger partial charge in [0.1, 0.15) is 5.82 Å². The van der Waals surface area contributed by atoms with E-state index in [9.17, 15) is 9.18 Å². The summed E-state index contributed by atoms with van der Waals surface area (Å²) in [5.74, 6) is 0.134. The fourth-order valence-corrected chi connectivity index (χ4v) is 1.64. The van der Waals surface area contributed by atoms with Gasteiger partial charge in [0.25, 0.3) is 0 Å². The summed E-state index contributed by atoms with van der Waals surface area (Å²) in [5.41, 5.74) is 0.327. The van der Waals surface area contributed by atoms with E-state index in [1.165, 1.54) is 21.4 Å². The van der Waals surface area contributed by atoms with Crippen molar-refractivity contribution in [2.24, 2.45) is 7.05 Å². The van der Waals surface area contributed by atoms with Crippen LogP contribution in [0.25, 0.3) is 5.69 Å². The van der Waals surface area contributed by atoms with E-state index in [1.807, 2.05) is 6.92 Å². The first-order valence-electron chi connectivity index (χ1n) is 5.79. The molecule has 6 heteroatoms. The number of hydrogen-bond donors (Lipinski definition) is 1. The number of rotatable bonds is 4. The van der Waals surface area contributed by atoms with Crippen LogP contribution < -0.4 is 11.0 Å². The molecule has 1 heterocycles. The normalized spacial score (nSPS) is 10.6. The molecule has 0 aliphatic heterocycles. The highest BCUT2D eigenvalue weighted by molar-refractivity contribution is 5.40. The summed E-state index contributed by atoms with van der Waals surface area (Å²) >= 11 is 0. The highest BCUT2D eigenvalue weighted by Crippen LogP contribution is 2.11. The Kier molecular flexibility index (Phi) is 3.45. The number of anilines is 1. The Balaban J connectivity index is 2.48. The van der Waals surface area contributed by atoms with Crippen molar-refractivity contribution in [3.63, 3.8) is 0 Å². The van der Waals surface area contributed by atoms with E-state index in [1.54, 1.807) is 19.2 Å². The second-order valence-corrected chi connectivity index (χ2v) is 3.97. The van der Waals surface area contributed by atoms with E-state index in [2.05, 4.69) is 10.4 Å². The molecule has 0 aliphatic rings. The van der Waals surface area contributed by atoms with Crippen molar-refractivity contribution in [2.75, 3.05) is 11.9 Å². The fraction of sp³-hybridized carbons (Fsp3) is 0.333. The van der Waals surface area contributed by atoms with Crippen LogP contribution in [0, 0.1) is 5.82 Å². The van der Waals surface area contributed by atoms with E-state index < -0.39 is 0 Å². The molecule has 0 atom stereocenters. The first kappa shape index (κ1) is 12.3. The van der Waals surface area contributed by atoms with Crippen molar-refractivity contribution in [2.45, 2.75) is 13.3 Å². The monoisotopic (exact) mass is 250 g/mol. The number of benzene rings is 1. The van der Waals surface area contributed by atoms with Crippen molar-refractivity contribution in [3.05, 3.63) is 40.6 Å². The predicted molar refractivity (Wildman–Crippen MR) is 67.5 cm³/mol. The number of halogens is 1. The Morgan fingerprint density at radius 1 is 1.33 bits per heavy atom. The molecule has 0 unspecified atom stereocenters. The van der Waals surface area contributed by atoms with Gasteiger partial charge in [0.15, 0.2) is 0 Å². The molecule has 0 aliphatic carbocycles. The second kappa shape index (κ2) is 5.03. The second-order valence-electron chi connectivity index (χ2n) is 3.97. The lowest BCUT2D eigenvalue weighted by atomic mass is 10.3. The topological polar surface area (TPSA) is 51.9 Å². The van der Waals surface area contributed by atoms with Crippen LogP contribution in [-0.4, -0.2) is 20.9 Å². The molecule has 1 aromatic carbocycles. The third-order valence-electron chi connectivity index (χ3n) is 2.54. The lowest BCUT2D eigenvalue weighted by Gasteiger charge is -2.06. The first-order chi connectivity index (χ1) is 8.63. The van der Waals surface area contributed by atoms with E-state index in [0.29, 0.717) is 11.6 Å². The Hall–Kier alpha value is -2.11. The zero-order chi connectivity index (χ0) is 13.1. The van der Waals surface area contributed by atoms with Crippen LogP contribution in [0.4, 0.5) is 10.3 Å². The van der Waals surface area contributed by atoms with Crippen molar-refractivity contribution in [3.8, 4) is 5.69 Å². The molecular formula is C12H15FN4O. The van der Waals surface area contributed by atoms with Crippen molar-refractivity contribution < 1.29 is 4.39 Å². The molecule has 5 nitrogen and oxygen atoms in total. The van der Waals surface area contributed by atoms with E-state index >= 15 is 0 Å². The number of nitrogens with zero attached hydrogens (tertiary/aromatic N) is 3. The van der Waals surface area contributed by atoms with Crippen LogP contribution in [0.2, 0.25) is 0 Å². The van der Waals surface area contributed by atoms with Crippen molar-refractivity contribution in [1.82, 2.24) is 14.3 Å². The van der Waals surface area contributed by atoms with Gasteiger partial charge in [-0.15, -0.1) is 5.10 Å². The molecule has 2 aromatic rings. The summed E-state index contributed by atoms with van der Waals surface area (Å²) < 4.78 is 15.6. The molecule has 18 heavy (non-hydrogen) atoms. The highest BCUT2D eigenvalue weighted by Gasteiger charge is 2.12. The van der Waals surface area contributed by atoms with Gasteiger partial charge in [-0.05, 0) is 30.7 Å². The zero-order valence-electron chi connectivity index (χ0n) is 10.4. The van der Waals surface area contributed by atoms with Crippen LogP contribution in [0.1, 0.15) is 13.3 Å². The first-order valence-corrected chi connectivity index (χ1v) is 5.79. The number of aromatic nitrogens is 3. The van der Waals surface area contributed by atoms with Crippen molar-refractivity contribution >= 4 is 5.95 Å². The van der Waals surface area contributed by atoms with E-state index in [-0.39, 0.29) is 11.5 Å². The third-order valence-corrected chi connectivity index (χ3v) is 2.54. The summed E-state index contributed by atoms with van der Waals surface area (Å²) in [5, 5.41) is 7.18. The minimum atomic E-state index is -0.334. The standard InChI is InChI=1S/C12H15FN4O/c1-3-8-14-11-15-16(2)12(18)17(11)10-6-4-9(13)5-7-10/h4-7H,3,8H2,1-2H3,(H,14,15). The highest BCUT2D eigenvalue weighted by atomic mass is 19.1. The van der Waals surface area contributed by atoms with Crippen LogP contribution in [0.3, 0.4) is 0 Å². The van der Waals surface area contributed by atoms with Gasteiger partial charge in [-0.3, -0.25) is 0 Å². The largest absolute Gasteiger partial charge is 0.354 e. The maximum atomic E-state index is 12.9. The molecule has 0 saturated carbocycles. The zero-order valence-corrected chi connectivity index (χ0v) is 10.4. The summed E-state index contributed by atoms with van der Waals surface area (Å²) in [7, 11) is 1.58. The Bertz CT molecular complexity index is 585. The maximum Gasteiger partial charge on any atom is 0.351 e. The van der Waals surface area contributed by atoms with Crippen molar-refractivity contribution in [1.29, 1.82) is 0 Å². The van der Waals surface area contributed by atoms with Gasteiger partial charge in [-0.2, -0.15) is 0 Å². The Labute approximate surface area is 104 Å². The molecule has 0 fully saturated rings. The van der Waals surface area contributed by atoms with Gasteiger partial charge in [-0.1, -0.05) is 6.92 Å². The van der Waals surface area contributed by atoms with Gasteiger partial charge in [0.05, 0.1) is 5.69 Å². The van der Waals surface area contributed by atoms with Gasteiger partial charge in [0, 0.05) is 13.6 Å². The van der Waals surface area contributed by atoms with Gasteiger partial charge >= 0.3 is 5.69 Å². The Morgan fingerprint density at radius 2 is 2.00 bits per heavy atom. The molecule has 0 radical (unpaired) electrons. The molecule has 2 rings (SSSR count). The lowest BCUT2D eigenvalue weighted by Crippen LogP contribution is -2.22.